The number of hydrogen-bond acceptors (Lipinski definition) is 4. The molecule has 0 saturated carbocycles. The topological polar surface area (TPSA) is 63.1 Å². The van der Waals surface area contributed by atoms with E-state index < -0.39 is 0 Å². The van der Waals surface area contributed by atoms with E-state index in [1.807, 2.05) is 40.9 Å². The average Bonchev–Trinajstić information content (AvgIpc) is 3.35. The molecule has 3 heterocycles. The molecule has 27 heavy (non-hydrogen) atoms. The van der Waals surface area contributed by atoms with Gasteiger partial charge in [-0.1, -0.05) is 0 Å². The Morgan fingerprint density at radius 1 is 1.07 bits per heavy atom. The number of nitrogens with zero attached hydrogens (tertiary/aromatic N) is 1. The molecule has 3 aromatic rings. The highest BCUT2D eigenvalue weighted by atomic mass is 32.2. The highest BCUT2D eigenvalue weighted by Crippen LogP contribution is 2.38. The maximum Gasteiger partial charge on any atom is 0.258 e. The summed E-state index contributed by atoms with van der Waals surface area (Å²) in [7, 11) is 1.60. The van der Waals surface area contributed by atoms with Crippen LogP contribution < -0.4 is 10.6 Å². The van der Waals surface area contributed by atoms with Crippen LogP contribution in [0, 0.1) is 0 Å². The van der Waals surface area contributed by atoms with E-state index in [0.717, 1.165) is 28.5 Å². The largest absolute Gasteiger partial charge is 0.355 e. The number of aromatic nitrogens is 1. The molecule has 2 amide bonds. The first-order chi connectivity index (χ1) is 13.2. The number of anilines is 1. The van der Waals surface area contributed by atoms with E-state index in [9.17, 15) is 9.59 Å². The van der Waals surface area contributed by atoms with Gasteiger partial charge in [0, 0.05) is 41.3 Å². The number of benzene rings is 1. The Hall–Kier alpha value is -2.51. The van der Waals surface area contributed by atoms with Crippen molar-refractivity contribution in [3.05, 3.63) is 70.4 Å². The third-order valence-corrected chi connectivity index (χ3v) is 6.91. The van der Waals surface area contributed by atoms with Crippen LogP contribution in [0.4, 0.5) is 5.69 Å². The quantitative estimate of drug-likeness (QED) is 0.701. The fourth-order valence-electron chi connectivity index (χ4n) is 3.15. The van der Waals surface area contributed by atoms with Crippen LogP contribution in [0.1, 0.15) is 31.2 Å². The summed E-state index contributed by atoms with van der Waals surface area (Å²) in [5.41, 5.74) is 3.17. The van der Waals surface area contributed by atoms with Crippen LogP contribution in [0.25, 0.3) is 5.00 Å². The van der Waals surface area contributed by atoms with Crippen molar-refractivity contribution in [2.45, 2.75) is 12.2 Å². The third-order valence-electron chi connectivity index (χ3n) is 4.50. The molecular weight excluding hydrogens is 378 g/mol. The molecule has 0 bridgehead atoms. The van der Waals surface area contributed by atoms with Crippen molar-refractivity contribution in [1.82, 2.24) is 9.88 Å². The summed E-state index contributed by atoms with van der Waals surface area (Å²) in [6.07, 6.45) is 4.86. The van der Waals surface area contributed by atoms with E-state index in [4.69, 9.17) is 0 Å². The standard InChI is InChI=1S/C20H19N3O2S2/c1-21-18(24)13-4-6-14(7-5-13)22-19(25)17-15-8-11-26-12-16(15)27-20(17)23-9-2-3-10-23/h2-7,9-10H,8,11-12H2,1H3,(H,21,24)(H,22,25). The number of fused-ring (bicyclic) bond motifs is 1. The number of rotatable bonds is 4. The number of thiophene rings is 1. The number of carbonyl (C=O) groups excluding carboxylic acids is 2. The molecule has 1 aromatic carbocycles. The lowest BCUT2D eigenvalue weighted by Crippen LogP contribution is -2.18. The first-order valence-electron chi connectivity index (χ1n) is 8.66. The summed E-state index contributed by atoms with van der Waals surface area (Å²) in [5.74, 6) is 1.75. The predicted octanol–water partition coefficient (Wildman–Crippen LogP) is 3.94. The van der Waals surface area contributed by atoms with Crippen LogP contribution in [0.2, 0.25) is 0 Å². The van der Waals surface area contributed by atoms with Crippen molar-refractivity contribution >= 4 is 40.6 Å². The summed E-state index contributed by atoms with van der Waals surface area (Å²) < 4.78 is 2.01. The highest BCUT2D eigenvalue weighted by Gasteiger charge is 2.26. The van der Waals surface area contributed by atoms with E-state index in [-0.39, 0.29) is 11.8 Å². The SMILES string of the molecule is CNC(=O)c1ccc(NC(=O)c2c(-n3cccc3)sc3c2CCSC3)cc1. The van der Waals surface area contributed by atoms with Gasteiger partial charge in [0.15, 0.2) is 0 Å². The van der Waals surface area contributed by atoms with Crippen LogP contribution in [0.3, 0.4) is 0 Å². The van der Waals surface area contributed by atoms with E-state index in [1.54, 1.807) is 42.6 Å². The minimum Gasteiger partial charge on any atom is -0.355 e. The van der Waals surface area contributed by atoms with Crippen LogP contribution in [-0.2, 0) is 12.2 Å². The van der Waals surface area contributed by atoms with Gasteiger partial charge in [-0.05, 0) is 54.1 Å². The molecule has 5 nitrogen and oxygen atoms in total. The van der Waals surface area contributed by atoms with Crippen molar-refractivity contribution in [2.75, 3.05) is 18.1 Å². The maximum absolute atomic E-state index is 13.1. The Bertz CT molecular complexity index is 976. The van der Waals surface area contributed by atoms with Crippen LogP contribution in [0.15, 0.2) is 48.8 Å². The second-order valence-corrected chi connectivity index (χ2v) is 8.38. The zero-order valence-electron chi connectivity index (χ0n) is 14.8. The lowest BCUT2D eigenvalue weighted by Gasteiger charge is -2.13. The minimum absolute atomic E-state index is 0.101. The molecule has 0 atom stereocenters. The summed E-state index contributed by atoms with van der Waals surface area (Å²) in [5, 5.41) is 6.55. The molecule has 0 spiro atoms. The van der Waals surface area contributed by atoms with Crippen molar-refractivity contribution in [1.29, 1.82) is 0 Å². The van der Waals surface area contributed by atoms with Gasteiger partial charge < -0.3 is 15.2 Å². The van der Waals surface area contributed by atoms with E-state index in [1.165, 1.54) is 10.4 Å². The first kappa shape index (κ1) is 17.9. The van der Waals surface area contributed by atoms with Gasteiger partial charge in [0.05, 0.1) is 5.56 Å². The second-order valence-electron chi connectivity index (χ2n) is 6.19. The molecule has 0 unspecified atom stereocenters. The van der Waals surface area contributed by atoms with Crippen molar-refractivity contribution in [3.63, 3.8) is 0 Å². The number of carbonyl (C=O) groups is 2. The first-order valence-corrected chi connectivity index (χ1v) is 10.6. The smallest absolute Gasteiger partial charge is 0.258 e. The van der Waals surface area contributed by atoms with Crippen molar-refractivity contribution in [3.8, 4) is 5.00 Å². The molecule has 0 radical (unpaired) electrons. The summed E-state index contributed by atoms with van der Waals surface area (Å²) in [6.45, 7) is 0. The van der Waals surface area contributed by atoms with Gasteiger partial charge in [-0.15, -0.1) is 11.3 Å². The summed E-state index contributed by atoms with van der Waals surface area (Å²) in [4.78, 5) is 26.1. The fourth-order valence-corrected chi connectivity index (χ4v) is 5.59. The number of amides is 2. The summed E-state index contributed by atoms with van der Waals surface area (Å²) in [6, 6.07) is 10.9. The molecule has 4 rings (SSSR count). The van der Waals surface area contributed by atoms with Gasteiger partial charge in [-0.3, -0.25) is 9.59 Å². The zero-order chi connectivity index (χ0) is 18.8. The van der Waals surface area contributed by atoms with Crippen LogP contribution in [-0.4, -0.2) is 29.2 Å². The molecule has 0 saturated heterocycles. The van der Waals surface area contributed by atoms with Crippen molar-refractivity contribution in [2.24, 2.45) is 0 Å². The molecular formula is C20H19N3O2S2. The maximum atomic E-state index is 13.1. The Morgan fingerprint density at radius 3 is 2.52 bits per heavy atom. The number of thioether (sulfide) groups is 1. The molecule has 1 aliphatic rings. The van der Waals surface area contributed by atoms with Gasteiger partial charge in [0.25, 0.3) is 11.8 Å². The second kappa shape index (κ2) is 7.62. The third kappa shape index (κ3) is 3.52. The van der Waals surface area contributed by atoms with Gasteiger partial charge in [-0.2, -0.15) is 11.8 Å². The predicted molar refractivity (Wildman–Crippen MR) is 111 cm³/mol. The molecule has 1 aliphatic heterocycles. The van der Waals surface area contributed by atoms with Gasteiger partial charge >= 0.3 is 0 Å². The number of nitrogens with one attached hydrogen (secondary N) is 2. The van der Waals surface area contributed by atoms with Gasteiger partial charge in [0.1, 0.15) is 5.00 Å². The minimum atomic E-state index is -0.146. The van der Waals surface area contributed by atoms with Crippen LogP contribution in [0.5, 0.6) is 0 Å². The fraction of sp³-hybridized carbons (Fsp3) is 0.200. The van der Waals surface area contributed by atoms with Gasteiger partial charge in [0.2, 0.25) is 0 Å². The monoisotopic (exact) mass is 397 g/mol. The zero-order valence-corrected chi connectivity index (χ0v) is 16.5. The Balaban J connectivity index is 1.65. The Labute approximate surface area is 165 Å². The van der Waals surface area contributed by atoms with E-state index in [2.05, 4.69) is 10.6 Å². The summed E-state index contributed by atoms with van der Waals surface area (Å²) >= 11 is 3.61. The molecule has 7 heteroatoms. The normalized spacial score (nSPS) is 13.1. The van der Waals surface area contributed by atoms with Crippen LogP contribution >= 0.6 is 23.1 Å². The number of hydrogen-bond donors (Lipinski definition) is 2. The lowest BCUT2D eigenvalue weighted by atomic mass is 10.1. The average molecular weight is 398 g/mol. The Kier molecular flexibility index (Phi) is 5.05. The molecule has 0 aliphatic carbocycles. The molecule has 2 aromatic heterocycles. The van der Waals surface area contributed by atoms with E-state index >= 15 is 0 Å². The highest BCUT2D eigenvalue weighted by molar-refractivity contribution is 7.98. The molecule has 0 fully saturated rings. The molecule has 138 valence electrons. The molecule has 2 N–H and O–H groups in total. The van der Waals surface area contributed by atoms with Gasteiger partial charge in [-0.25, -0.2) is 0 Å². The lowest BCUT2D eigenvalue weighted by molar-refractivity contribution is 0.0962. The Morgan fingerprint density at radius 2 is 1.81 bits per heavy atom. The van der Waals surface area contributed by atoms with Crippen molar-refractivity contribution < 1.29 is 9.59 Å². The van der Waals surface area contributed by atoms with E-state index in [0.29, 0.717) is 11.3 Å².